The van der Waals surface area contributed by atoms with Gasteiger partial charge in [0.05, 0.1) is 18.8 Å². The van der Waals surface area contributed by atoms with Gasteiger partial charge in [0.2, 0.25) is 5.95 Å². The van der Waals surface area contributed by atoms with Crippen molar-refractivity contribution in [1.29, 1.82) is 0 Å². The van der Waals surface area contributed by atoms with Gasteiger partial charge in [0, 0.05) is 57.7 Å². The Labute approximate surface area is 229 Å². The summed E-state index contributed by atoms with van der Waals surface area (Å²) >= 11 is 0. The molecule has 13 heteroatoms. The first-order chi connectivity index (χ1) is 18.6. The van der Waals surface area contributed by atoms with Crippen LogP contribution in [0.3, 0.4) is 0 Å². The maximum Gasteiger partial charge on any atom is 0.251 e. The Morgan fingerprint density at radius 2 is 1.82 bits per heavy atom. The summed E-state index contributed by atoms with van der Waals surface area (Å²) in [4.78, 5) is 38.4. The van der Waals surface area contributed by atoms with E-state index in [-0.39, 0.29) is 23.8 Å². The number of aliphatic hydroxyl groups excluding tert-OH is 1. The average Bonchev–Trinajstić information content (AvgIpc) is 2.92. The van der Waals surface area contributed by atoms with E-state index in [2.05, 4.69) is 40.2 Å². The van der Waals surface area contributed by atoms with Gasteiger partial charge < -0.3 is 40.9 Å². The van der Waals surface area contributed by atoms with Crippen molar-refractivity contribution in [2.45, 2.75) is 39.8 Å². The van der Waals surface area contributed by atoms with Crippen LogP contribution in [0.25, 0.3) is 11.4 Å². The number of piperazine rings is 1. The summed E-state index contributed by atoms with van der Waals surface area (Å²) < 4.78 is 5.55. The number of amides is 1. The van der Waals surface area contributed by atoms with Crippen LogP contribution in [-0.2, 0) is 9.53 Å². The van der Waals surface area contributed by atoms with Crippen molar-refractivity contribution in [3.8, 4) is 11.4 Å². The number of nitrogen functional groups attached to an aromatic ring is 2. The third-order valence-electron chi connectivity index (χ3n) is 6.89. The molecule has 0 spiro atoms. The SMILES string of the molecule is C=C(N1CCN(C(=O)[C@H](C)O)[C@H](C)C1)N(CC(C)C)c1nc(-c2cnc(N)nc2)nc(N2CCOCC2)c1N. The van der Waals surface area contributed by atoms with Gasteiger partial charge >= 0.3 is 0 Å². The van der Waals surface area contributed by atoms with E-state index in [1.54, 1.807) is 17.3 Å². The van der Waals surface area contributed by atoms with E-state index in [4.69, 9.17) is 26.2 Å². The molecule has 5 N–H and O–H groups in total. The molecule has 2 aliphatic heterocycles. The Kier molecular flexibility index (Phi) is 8.70. The normalized spacial score (nSPS) is 18.8. The highest BCUT2D eigenvalue weighted by molar-refractivity contribution is 5.81. The van der Waals surface area contributed by atoms with E-state index in [0.29, 0.717) is 81.2 Å². The molecule has 1 amide bonds. The Balaban J connectivity index is 1.73. The second-order valence-electron chi connectivity index (χ2n) is 10.5. The first kappa shape index (κ1) is 28.3. The summed E-state index contributed by atoms with van der Waals surface area (Å²) in [5, 5.41) is 9.81. The summed E-state index contributed by atoms with van der Waals surface area (Å²) in [6.45, 7) is 16.8. The third-order valence-corrected chi connectivity index (χ3v) is 6.89. The number of aromatic nitrogens is 4. The zero-order valence-electron chi connectivity index (χ0n) is 23.2. The van der Waals surface area contributed by atoms with E-state index < -0.39 is 6.10 Å². The molecule has 2 aromatic rings. The lowest BCUT2D eigenvalue weighted by Crippen LogP contribution is -2.57. The fourth-order valence-corrected chi connectivity index (χ4v) is 4.86. The van der Waals surface area contributed by atoms with Crippen LogP contribution in [0, 0.1) is 5.92 Å². The van der Waals surface area contributed by atoms with Crippen LogP contribution in [-0.4, -0.2) is 105 Å². The summed E-state index contributed by atoms with van der Waals surface area (Å²) in [6.07, 6.45) is 2.17. The van der Waals surface area contributed by atoms with E-state index in [1.807, 2.05) is 11.8 Å². The topological polar surface area (TPSA) is 163 Å². The lowest BCUT2D eigenvalue weighted by Gasteiger charge is -2.44. The second-order valence-corrected chi connectivity index (χ2v) is 10.5. The standard InChI is InChI=1S/C26H40N10O3/c1-16(2)14-36(19(5)34-6-7-35(17(3)15-34)25(38)18(4)37)24-21(27)23(33-8-10-39-11-9-33)31-22(32-24)20-12-29-26(28)30-13-20/h12-13,16-18,37H,5-11,14-15,27H2,1-4H3,(H2,28,29,30)/t17-,18+/m1/s1. The Hall–Kier alpha value is -3.71. The molecule has 39 heavy (non-hydrogen) atoms. The van der Waals surface area contributed by atoms with Gasteiger partial charge in [-0.2, -0.15) is 0 Å². The molecular formula is C26H40N10O3. The maximum absolute atomic E-state index is 12.5. The molecular weight excluding hydrogens is 500 g/mol. The van der Waals surface area contributed by atoms with Crippen molar-refractivity contribution in [1.82, 2.24) is 29.7 Å². The Morgan fingerprint density at radius 3 is 2.41 bits per heavy atom. The zero-order chi connectivity index (χ0) is 28.3. The first-order valence-electron chi connectivity index (χ1n) is 13.3. The smallest absolute Gasteiger partial charge is 0.251 e. The molecule has 0 saturated carbocycles. The molecule has 13 nitrogen and oxygen atoms in total. The van der Waals surface area contributed by atoms with Crippen LogP contribution < -0.4 is 21.3 Å². The van der Waals surface area contributed by atoms with E-state index in [9.17, 15) is 9.90 Å². The minimum absolute atomic E-state index is 0.104. The lowest BCUT2D eigenvalue weighted by molar-refractivity contribution is -0.143. The molecule has 0 aliphatic carbocycles. The van der Waals surface area contributed by atoms with Gasteiger partial charge in [-0.15, -0.1) is 0 Å². The van der Waals surface area contributed by atoms with Gasteiger partial charge in [-0.3, -0.25) is 4.79 Å². The Morgan fingerprint density at radius 1 is 1.15 bits per heavy atom. The van der Waals surface area contributed by atoms with E-state index >= 15 is 0 Å². The molecule has 2 atom stereocenters. The zero-order valence-corrected chi connectivity index (χ0v) is 23.2. The molecule has 4 rings (SSSR count). The van der Waals surface area contributed by atoms with Crippen molar-refractivity contribution in [3.05, 3.63) is 24.8 Å². The summed E-state index contributed by atoms with van der Waals surface area (Å²) in [6, 6.07) is -0.104. The van der Waals surface area contributed by atoms with Crippen molar-refractivity contribution in [2.75, 3.05) is 73.7 Å². The highest BCUT2D eigenvalue weighted by atomic mass is 16.5. The molecule has 2 aliphatic rings. The minimum atomic E-state index is -1.03. The maximum atomic E-state index is 12.5. The van der Waals surface area contributed by atoms with Gasteiger partial charge in [0.25, 0.3) is 5.91 Å². The summed E-state index contributed by atoms with van der Waals surface area (Å²) in [7, 11) is 0. The number of anilines is 4. The van der Waals surface area contributed by atoms with Gasteiger partial charge in [0.15, 0.2) is 17.5 Å². The number of carbonyl (C=O) groups excluding carboxylic acids is 1. The van der Waals surface area contributed by atoms with Crippen LogP contribution in [0.15, 0.2) is 24.8 Å². The largest absolute Gasteiger partial charge is 0.393 e. The predicted molar refractivity (Wildman–Crippen MR) is 151 cm³/mol. The number of nitrogens with zero attached hydrogens (tertiary/aromatic N) is 8. The number of ether oxygens (including phenoxy) is 1. The van der Waals surface area contributed by atoms with Crippen molar-refractivity contribution >= 4 is 29.2 Å². The average molecular weight is 541 g/mol. The van der Waals surface area contributed by atoms with Crippen LogP contribution in [0.1, 0.15) is 27.7 Å². The van der Waals surface area contributed by atoms with Crippen LogP contribution in [0.5, 0.6) is 0 Å². The lowest BCUT2D eigenvalue weighted by atomic mass is 10.1. The van der Waals surface area contributed by atoms with Crippen LogP contribution in [0.2, 0.25) is 0 Å². The highest BCUT2D eigenvalue weighted by Gasteiger charge is 2.33. The third kappa shape index (κ3) is 6.31. The summed E-state index contributed by atoms with van der Waals surface area (Å²) in [5.41, 5.74) is 13.6. The van der Waals surface area contributed by atoms with E-state index in [0.717, 1.165) is 5.82 Å². The number of morpholine rings is 1. The van der Waals surface area contributed by atoms with Gasteiger partial charge in [-0.25, -0.2) is 19.9 Å². The molecule has 212 valence electrons. The number of hydrogen-bond acceptors (Lipinski definition) is 12. The Bertz CT molecular complexity index is 1170. The number of aliphatic hydroxyl groups is 1. The quantitative estimate of drug-likeness (QED) is 0.432. The second kappa shape index (κ2) is 12.0. The molecule has 4 heterocycles. The number of nitrogens with two attached hydrogens (primary N) is 2. The number of carbonyl (C=O) groups is 1. The highest BCUT2D eigenvalue weighted by Crippen LogP contribution is 2.36. The summed E-state index contributed by atoms with van der Waals surface area (Å²) in [5.74, 6) is 2.50. The first-order valence-corrected chi connectivity index (χ1v) is 13.3. The number of hydrogen-bond donors (Lipinski definition) is 3. The van der Waals surface area contributed by atoms with Crippen molar-refractivity contribution < 1.29 is 14.6 Å². The van der Waals surface area contributed by atoms with E-state index in [1.165, 1.54) is 6.92 Å². The molecule has 0 aromatic carbocycles. The van der Waals surface area contributed by atoms with Crippen molar-refractivity contribution in [3.63, 3.8) is 0 Å². The monoisotopic (exact) mass is 540 g/mol. The van der Waals surface area contributed by atoms with Gasteiger partial charge in [-0.05, 0) is 19.8 Å². The van der Waals surface area contributed by atoms with Crippen molar-refractivity contribution in [2.24, 2.45) is 5.92 Å². The molecule has 2 aromatic heterocycles. The van der Waals surface area contributed by atoms with Crippen LogP contribution >= 0.6 is 0 Å². The fourth-order valence-electron chi connectivity index (χ4n) is 4.86. The van der Waals surface area contributed by atoms with Gasteiger partial charge in [-0.1, -0.05) is 20.4 Å². The molecule has 2 saturated heterocycles. The molecule has 2 fully saturated rings. The minimum Gasteiger partial charge on any atom is -0.393 e. The van der Waals surface area contributed by atoms with Gasteiger partial charge in [0.1, 0.15) is 17.6 Å². The molecule has 0 unspecified atom stereocenters. The van der Waals surface area contributed by atoms with Crippen LogP contribution in [0.4, 0.5) is 23.3 Å². The molecule has 0 radical (unpaired) electrons. The molecule has 0 bridgehead atoms. The predicted octanol–water partition coefficient (Wildman–Crippen LogP) is 0.782. The number of rotatable bonds is 8. The fraction of sp³-hybridized carbons (Fsp3) is 0.577.